The molecular weight excluding hydrogens is 261 g/mol. The minimum atomic E-state index is 0.560. The van der Waals surface area contributed by atoms with E-state index in [4.69, 9.17) is 0 Å². The van der Waals surface area contributed by atoms with Gasteiger partial charge in [0.15, 0.2) is 0 Å². The molecule has 2 heteroatoms. The third-order valence-corrected chi connectivity index (χ3v) is 2.35. The highest BCUT2D eigenvalue weighted by Crippen LogP contribution is 2.06. The Hall–Kier alpha value is -0.0900. The molecule has 0 saturated heterocycles. The largest absolute Gasteiger partial charge is 0.310 e. The summed E-state index contributed by atoms with van der Waals surface area (Å²) >= 11 is 2.32. The maximum Gasteiger partial charge on any atom is 0.0207 e. The monoisotopic (exact) mass is 275 g/mol. The molecule has 0 aliphatic carbocycles. The second kappa shape index (κ2) is 4.82. The fourth-order valence-electron chi connectivity index (χ4n) is 0.924. The fourth-order valence-corrected chi connectivity index (χ4v) is 1.28. The van der Waals surface area contributed by atoms with Crippen LogP contribution in [0, 0.1) is 3.57 Å². The summed E-state index contributed by atoms with van der Waals surface area (Å²) in [4.78, 5) is 0. The summed E-state index contributed by atoms with van der Waals surface area (Å²) in [7, 11) is 0. The molecule has 0 radical (unpaired) electrons. The Morgan fingerprint density at radius 1 is 1.25 bits per heavy atom. The number of nitrogens with one attached hydrogen (secondary N) is 1. The zero-order valence-electron chi connectivity index (χ0n) is 7.47. The molecule has 0 amide bonds. The van der Waals surface area contributed by atoms with Gasteiger partial charge in [0.05, 0.1) is 0 Å². The molecule has 0 bridgehead atoms. The molecule has 1 aromatic rings. The van der Waals surface area contributed by atoms with Gasteiger partial charge in [0.2, 0.25) is 0 Å². The zero-order valence-corrected chi connectivity index (χ0v) is 9.63. The van der Waals surface area contributed by atoms with E-state index in [1.165, 1.54) is 9.13 Å². The van der Waals surface area contributed by atoms with Gasteiger partial charge in [-0.05, 0) is 40.3 Å². The van der Waals surface area contributed by atoms with Gasteiger partial charge in [-0.25, -0.2) is 0 Å². The van der Waals surface area contributed by atoms with Gasteiger partial charge < -0.3 is 5.32 Å². The first-order valence-corrected chi connectivity index (χ1v) is 5.24. The van der Waals surface area contributed by atoms with Crippen LogP contribution in [0.3, 0.4) is 0 Å². The summed E-state index contributed by atoms with van der Waals surface area (Å²) in [6, 6.07) is 9.16. The smallest absolute Gasteiger partial charge is 0.0207 e. The molecule has 12 heavy (non-hydrogen) atoms. The summed E-state index contributed by atoms with van der Waals surface area (Å²) in [5, 5.41) is 3.38. The van der Waals surface area contributed by atoms with Crippen molar-refractivity contribution in [1.82, 2.24) is 5.32 Å². The molecule has 0 aliphatic heterocycles. The van der Waals surface area contributed by atoms with Crippen molar-refractivity contribution in [2.75, 3.05) is 0 Å². The molecule has 0 saturated carbocycles. The summed E-state index contributed by atoms with van der Waals surface area (Å²) in [5.41, 5.74) is 1.35. The summed E-state index contributed by atoms with van der Waals surface area (Å²) in [5.74, 6) is 0. The predicted octanol–water partition coefficient (Wildman–Crippen LogP) is 2.79. The van der Waals surface area contributed by atoms with Crippen molar-refractivity contribution in [3.8, 4) is 0 Å². The lowest BCUT2D eigenvalue weighted by Crippen LogP contribution is -2.21. The van der Waals surface area contributed by atoms with E-state index in [0.717, 1.165) is 6.54 Å². The van der Waals surface area contributed by atoms with Crippen molar-refractivity contribution in [3.05, 3.63) is 33.4 Å². The van der Waals surface area contributed by atoms with Crippen molar-refractivity contribution < 1.29 is 0 Å². The Kier molecular flexibility index (Phi) is 4.01. The normalized spacial score (nSPS) is 10.7. The van der Waals surface area contributed by atoms with Crippen LogP contribution in [0.2, 0.25) is 0 Å². The highest BCUT2D eigenvalue weighted by atomic mass is 127. The Morgan fingerprint density at radius 2 is 1.83 bits per heavy atom. The Morgan fingerprint density at radius 3 is 2.33 bits per heavy atom. The fraction of sp³-hybridized carbons (Fsp3) is 0.400. The van der Waals surface area contributed by atoms with E-state index in [9.17, 15) is 0 Å². The molecule has 0 fully saturated rings. The van der Waals surface area contributed by atoms with Crippen LogP contribution < -0.4 is 5.32 Å². The average molecular weight is 275 g/mol. The molecule has 1 nitrogen and oxygen atoms in total. The molecule has 66 valence electrons. The molecule has 1 rings (SSSR count). The van der Waals surface area contributed by atoms with E-state index in [1.807, 2.05) is 0 Å². The molecule has 0 aliphatic rings. The summed E-state index contributed by atoms with van der Waals surface area (Å²) < 4.78 is 1.29. The maximum absolute atomic E-state index is 3.38. The van der Waals surface area contributed by atoms with Gasteiger partial charge in [0, 0.05) is 16.2 Å². The summed E-state index contributed by atoms with van der Waals surface area (Å²) in [6.07, 6.45) is 0. The van der Waals surface area contributed by atoms with Crippen LogP contribution in [-0.2, 0) is 6.54 Å². The van der Waals surface area contributed by atoms with Crippen LogP contribution in [-0.4, -0.2) is 6.04 Å². The number of hydrogen-bond donors (Lipinski definition) is 1. The van der Waals surface area contributed by atoms with Crippen LogP contribution in [0.15, 0.2) is 24.3 Å². The van der Waals surface area contributed by atoms with Crippen molar-refractivity contribution in [3.63, 3.8) is 0 Å². The van der Waals surface area contributed by atoms with Gasteiger partial charge in [-0.15, -0.1) is 0 Å². The SMILES string of the molecule is CC(C)NCc1ccc(I)cc1. The third-order valence-electron chi connectivity index (χ3n) is 1.63. The van der Waals surface area contributed by atoms with Crippen LogP contribution in [0.4, 0.5) is 0 Å². The van der Waals surface area contributed by atoms with E-state index >= 15 is 0 Å². The molecule has 0 unspecified atom stereocenters. The number of rotatable bonds is 3. The lowest BCUT2D eigenvalue weighted by Gasteiger charge is -2.07. The molecule has 1 aromatic carbocycles. The molecule has 1 N–H and O–H groups in total. The summed E-state index contributed by atoms with van der Waals surface area (Å²) in [6.45, 7) is 5.29. The van der Waals surface area contributed by atoms with E-state index < -0.39 is 0 Å². The highest BCUT2D eigenvalue weighted by molar-refractivity contribution is 14.1. The predicted molar refractivity (Wildman–Crippen MR) is 61.1 cm³/mol. The van der Waals surface area contributed by atoms with Crippen LogP contribution in [0.1, 0.15) is 19.4 Å². The van der Waals surface area contributed by atoms with Crippen LogP contribution in [0.25, 0.3) is 0 Å². The van der Waals surface area contributed by atoms with E-state index in [-0.39, 0.29) is 0 Å². The minimum Gasteiger partial charge on any atom is -0.310 e. The van der Waals surface area contributed by atoms with E-state index in [0.29, 0.717) is 6.04 Å². The van der Waals surface area contributed by atoms with Crippen molar-refractivity contribution in [2.24, 2.45) is 0 Å². The zero-order chi connectivity index (χ0) is 8.97. The maximum atomic E-state index is 3.38. The molecule has 0 atom stereocenters. The quantitative estimate of drug-likeness (QED) is 0.836. The highest BCUT2D eigenvalue weighted by Gasteiger charge is 1.94. The first kappa shape index (κ1) is 9.99. The lowest BCUT2D eigenvalue weighted by atomic mass is 10.2. The number of hydrogen-bond acceptors (Lipinski definition) is 1. The average Bonchev–Trinajstić information content (AvgIpc) is 2.03. The third kappa shape index (κ3) is 3.54. The van der Waals surface area contributed by atoms with Gasteiger partial charge in [0.25, 0.3) is 0 Å². The van der Waals surface area contributed by atoms with Gasteiger partial charge >= 0.3 is 0 Å². The Bertz CT molecular complexity index is 228. The van der Waals surface area contributed by atoms with Crippen LogP contribution in [0.5, 0.6) is 0 Å². The molecular formula is C10H14IN. The molecule has 0 heterocycles. The number of halogens is 1. The van der Waals surface area contributed by atoms with Crippen molar-refractivity contribution >= 4 is 22.6 Å². The molecule has 0 spiro atoms. The van der Waals surface area contributed by atoms with Gasteiger partial charge in [-0.3, -0.25) is 0 Å². The van der Waals surface area contributed by atoms with E-state index in [1.54, 1.807) is 0 Å². The van der Waals surface area contributed by atoms with Crippen molar-refractivity contribution in [1.29, 1.82) is 0 Å². The molecule has 0 aromatic heterocycles. The Labute approximate surface area is 87.7 Å². The lowest BCUT2D eigenvalue weighted by molar-refractivity contribution is 0.589. The van der Waals surface area contributed by atoms with Gasteiger partial charge in [-0.2, -0.15) is 0 Å². The van der Waals surface area contributed by atoms with E-state index in [2.05, 4.69) is 66.0 Å². The minimum absolute atomic E-state index is 0.560. The number of benzene rings is 1. The van der Waals surface area contributed by atoms with Crippen molar-refractivity contribution in [2.45, 2.75) is 26.4 Å². The van der Waals surface area contributed by atoms with Gasteiger partial charge in [-0.1, -0.05) is 26.0 Å². The van der Waals surface area contributed by atoms with Gasteiger partial charge in [0.1, 0.15) is 0 Å². The first-order chi connectivity index (χ1) is 5.68. The first-order valence-electron chi connectivity index (χ1n) is 4.16. The topological polar surface area (TPSA) is 12.0 Å². The Balaban J connectivity index is 2.48. The second-order valence-corrected chi connectivity index (χ2v) is 4.41. The standard InChI is InChI=1S/C10H14IN/c1-8(2)12-7-9-3-5-10(11)6-4-9/h3-6,8,12H,7H2,1-2H3. The van der Waals surface area contributed by atoms with Crippen LogP contribution >= 0.6 is 22.6 Å². The second-order valence-electron chi connectivity index (χ2n) is 3.16.